The molecule has 4 aliphatic rings. The molecule has 0 spiro atoms. The molecule has 12 nitrogen and oxygen atoms in total. The van der Waals surface area contributed by atoms with E-state index in [1.165, 1.54) is 12.8 Å². The largest absolute Gasteiger partial charge is 0.387 e. The van der Waals surface area contributed by atoms with Crippen molar-refractivity contribution in [1.29, 1.82) is 0 Å². The Kier molecular flexibility index (Phi) is 11.3. The summed E-state index contributed by atoms with van der Waals surface area (Å²) in [5.74, 6) is 0.727. The van der Waals surface area contributed by atoms with Crippen molar-refractivity contribution in [3.8, 4) is 0 Å². The Hall–Kier alpha value is -1.09. The zero-order valence-electron chi connectivity index (χ0n) is 26.4. The van der Waals surface area contributed by atoms with Gasteiger partial charge in [-0.3, -0.25) is 25.8 Å². The van der Waals surface area contributed by atoms with Crippen molar-refractivity contribution in [3.63, 3.8) is 0 Å². The lowest BCUT2D eigenvalue weighted by Gasteiger charge is -2.42. The summed E-state index contributed by atoms with van der Waals surface area (Å²) in [6.07, 6.45) is 2.31. The van der Waals surface area contributed by atoms with E-state index in [1.54, 1.807) is 0 Å². The fourth-order valence-corrected chi connectivity index (χ4v) is 7.07. The minimum absolute atomic E-state index is 0.0128. The molecule has 0 aromatic heterocycles. The van der Waals surface area contributed by atoms with E-state index < -0.39 is 24.5 Å². The molecule has 0 radical (unpaired) electrons. The monoisotopic (exact) mass is 582 g/mol. The van der Waals surface area contributed by atoms with Crippen molar-refractivity contribution in [1.82, 2.24) is 41.3 Å². The maximum Gasteiger partial charge on any atom is 0.315 e. The van der Waals surface area contributed by atoms with E-state index >= 15 is 0 Å². The first kappa shape index (κ1) is 32.8. The maximum absolute atomic E-state index is 12.5. The van der Waals surface area contributed by atoms with Gasteiger partial charge in [0, 0.05) is 38.4 Å². The van der Waals surface area contributed by atoms with Crippen LogP contribution in [0.3, 0.4) is 0 Å². The van der Waals surface area contributed by atoms with Crippen LogP contribution in [-0.2, 0) is 4.74 Å². The average molecular weight is 583 g/mol. The fraction of sp³-hybridized carbons (Fsp3) is 0.966. The van der Waals surface area contributed by atoms with Crippen LogP contribution in [-0.4, -0.2) is 133 Å². The molecule has 3 heterocycles. The minimum atomic E-state index is -0.993. The molecule has 3 aliphatic heterocycles. The first-order valence-electron chi connectivity index (χ1n) is 15.8. The van der Waals surface area contributed by atoms with E-state index in [0.29, 0.717) is 31.8 Å². The predicted molar refractivity (Wildman–Crippen MR) is 160 cm³/mol. The number of ether oxygens (including phenoxy) is 1. The number of urea groups is 1. The van der Waals surface area contributed by atoms with Crippen LogP contribution in [0.25, 0.3) is 0 Å². The second-order valence-corrected chi connectivity index (χ2v) is 14.1. The van der Waals surface area contributed by atoms with Gasteiger partial charge in [0.05, 0.1) is 25.0 Å². The van der Waals surface area contributed by atoms with Gasteiger partial charge in [-0.1, -0.05) is 20.8 Å². The van der Waals surface area contributed by atoms with Gasteiger partial charge in [-0.2, -0.15) is 0 Å². The quantitative estimate of drug-likeness (QED) is 0.177. The van der Waals surface area contributed by atoms with E-state index in [1.807, 2.05) is 14.1 Å². The summed E-state index contributed by atoms with van der Waals surface area (Å²) in [5, 5.41) is 38.6. The van der Waals surface area contributed by atoms with Gasteiger partial charge in [-0.15, -0.1) is 0 Å². The molecule has 3 unspecified atom stereocenters. The van der Waals surface area contributed by atoms with Gasteiger partial charge in [-0.05, 0) is 71.4 Å². The van der Waals surface area contributed by atoms with Crippen LogP contribution in [0.2, 0.25) is 0 Å². The highest BCUT2D eigenvalue weighted by molar-refractivity contribution is 5.74. The summed E-state index contributed by atoms with van der Waals surface area (Å²) in [6, 6.07) is 0.539. The third kappa shape index (κ3) is 8.10. The first-order chi connectivity index (χ1) is 19.4. The van der Waals surface area contributed by atoms with E-state index in [-0.39, 0.29) is 36.5 Å². The number of likely N-dealkylation sites (N-methyl/N-ethyl adjacent to an activating group) is 1. The van der Waals surface area contributed by atoms with E-state index in [0.717, 1.165) is 31.7 Å². The fourth-order valence-electron chi connectivity index (χ4n) is 7.07. The van der Waals surface area contributed by atoms with E-state index in [4.69, 9.17) is 4.74 Å². The highest BCUT2D eigenvalue weighted by atomic mass is 16.6. The first-order valence-corrected chi connectivity index (χ1v) is 15.8. The normalized spacial score (nSPS) is 36.7. The number of carbonyl (C=O) groups excluding carboxylic acids is 1. The summed E-state index contributed by atoms with van der Waals surface area (Å²) in [6.45, 7) is 14.3. The number of carbonyl (C=O) groups is 1. The zero-order valence-corrected chi connectivity index (χ0v) is 26.4. The van der Waals surface area contributed by atoms with Crippen molar-refractivity contribution < 1.29 is 19.7 Å². The van der Waals surface area contributed by atoms with Crippen LogP contribution in [0.1, 0.15) is 66.7 Å². The molecule has 2 amide bonds. The molecule has 7 N–H and O–H groups in total. The number of amides is 2. The van der Waals surface area contributed by atoms with Gasteiger partial charge in [0.2, 0.25) is 0 Å². The molecule has 238 valence electrons. The van der Waals surface area contributed by atoms with Crippen molar-refractivity contribution in [3.05, 3.63) is 0 Å². The van der Waals surface area contributed by atoms with Gasteiger partial charge in [0.25, 0.3) is 0 Å². The van der Waals surface area contributed by atoms with Crippen molar-refractivity contribution in [2.24, 2.45) is 11.3 Å². The Balaban J connectivity index is 1.20. The summed E-state index contributed by atoms with van der Waals surface area (Å²) >= 11 is 0. The van der Waals surface area contributed by atoms with Crippen molar-refractivity contribution >= 4 is 6.03 Å². The Labute approximate surface area is 247 Å². The summed E-state index contributed by atoms with van der Waals surface area (Å²) in [4.78, 5) is 19.0. The molecule has 0 bridgehead atoms. The van der Waals surface area contributed by atoms with Crippen LogP contribution >= 0.6 is 0 Å². The van der Waals surface area contributed by atoms with Crippen LogP contribution in [0.5, 0.6) is 0 Å². The molecule has 3 saturated heterocycles. The second kappa shape index (κ2) is 14.1. The highest BCUT2D eigenvalue weighted by Gasteiger charge is 2.52. The molecule has 12 heteroatoms. The number of nitrogens with one attached hydrogen (secondary N) is 5. The number of rotatable bonds is 10. The average Bonchev–Trinajstić information content (AvgIpc) is 3.46. The third-order valence-corrected chi connectivity index (χ3v) is 9.73. The van der Waals surface area contributed by atoms with Gasteiger partial charge in [0.15, 0.2) is 0 Å². The minimum Gasteiger partial charge on any atom is -0.387 e. The summed E-state index contributed by atoms with van der Waals surface area (Å²) in [5.41, 5.74) is 0.336. The standard InChI is InChI=1S/C29H58N8O4/c1-18(2)36(14-8-13-30-28(40)34-20-11-9-19(10-12-20)29(3,4)5)15-21-23(38)24(39)27(41-21)37-17-33-22-25(35(6)7)31-16-32-26(22)37/h18-27,31-33,38-39H,8-17H2,1-7H3,(H2,30,34,40)/t19?,20?,21-,22?,23-,24-,25?,26?,27-/m1/s1. The second-order valence-electron chi connectivity index (χ2n) is 14.1. The van der Waals surface area contributed by atoms with Gasteiger partial charge >= 0.3 is 6.03 Å². The molecule has 7 atom stereocenters. The lowest BCUT2D eigenvalue weighted by Crippen LogP contribution is -2.69. The lowest BCUT2D eigenvalue weighted by molar-refractivity contribution is -0.109. The third-order valence-electron chi connectivity index (χ3n) is 9.73. The molecule has 1 aliphatic carbocycles. The topological polar surface area (TPSA) is 137 Å². The maximum atomic E-state index is 12.5. The van der Waals surface area contributed by atoms with Crippen molar-refractivity contribution in [2.75, 3.05) is 47.1 Å². The van der Waals surface area contributed by atoms with E-state index in [2.05, 4.69) is 75.9 Å². The number of nitrogens with zero attached hydrogens (tertiary/aromatic N) is 3. The van der Waals surface area contributed by atoms with Gasteiger partial charge < -0.3 is 25.6 Å². The van der Waals surface area contributed by atoms with Gasteiger partial charge in [-0.25, -0.2) is 9.69 Å². The lowest BCUT2D eigenvalue weighted by atomic mass is 9.71. The summed E-state index contributed by atoms with van der Waals surface area (Å²) < 4.78 is 6.34. The smallest absolute Gasteiger partial charge is 0.315 e. The Morgan fingerprint density at radius 2 is 1.78 bits per heavy atom. The van der Waals surface area contributed by atoms with Crippen LogP contribution < -0.4 is 26.6 Å². The molecular formula is C29H58N8O4. The molecular weight excluding hydrogens is 524 g/mol. The molecule has 4 fully saturated rings. The van der Waals surface area contributed by atoms with Crippen molar-refractivity contribution in [2.45, 2.75) is 122 Å². The number of aliphatic hydroxyl groups is 2. The Bertz CT molecular complexity index is 834. The molecule has 41 heavy (non-hydrogen) atoms. The Morgan fingerprint density at radius 3 is 2.41 bits per heavy atom. The Morgan fingerprint density at radius 1 is 1.07 bits per heavy atom. The molecule has 0 aromatic carbocycles. The molecule has 1 saturated carbocycles. The predicted octanol–water partition coefficient (Wildman–Crippen LogP) is 0.0331. The van der Waals surface area contributed by atoms with E-state index in [9.17, 15) is 15.0 Å². The molecule has 4 rings (SSSR count). The highest BCUT2D eigenvalue weighted by Crippen LogP contribution is 2.37. The number of hydrogen-bond acceptors (Lipinski definition) is 10. The number of aliphatic hydroxyl groups excluding tert-OH is 2. The number of hydrogen-bond donors (Lipinski definition) is 7. The summed E-state index contributed by atoms with van der Waals surface area (Å²) in [7, 11) is 4.10. The van der Waals surface area contributed by atoms with Gasteiger partial charge in [0.1, 0.15) is 24.5 Å². The SMILES string of the molecule is CC(C)N(CCCNC(=O)NC1CCC(C(C)(C)C)CC1)C[C@H]1O[C@@H](N2CNC3C(N(C)C)NCNC32)[C@H](O)[C@@H]1O. The van der Waals surface area contributed by atoms with Crippen LogP contribution in [0.15, 0.2) is 0 Å². The zero-order chi connectivity index (χ0) is 29.9. The van der Waals surface area contributed by atoms with Crippen LogP contribution in [0.4, 0.5) is 4.79 Å². The molecule has 0 aromatic rings. The van der Waals surface area contributed by atoms with Crippen LogP contribution in [0, 0.1) is 11.3 Å². The number of fused-ring (bicyclic) bond motifs is 1.